The third-order valence-electron chi connectivity index (χ3n) is 4.20. The van der Waals surface area contributed by atoms with Crippen molar-refractivity contribution in [3.8, 4) is 0 Å². The van der Waals surface area contributed by atoms with Crippen LogP contribution in [-0.4, -0.2) is 31.5 Å². The van der Waals surface area contributed by atoms with E-state index in [0.29, 0.717) is 19.8 Å². The van der Waals surface area contributed by atoms with Gasteiger partial charge in [-0.05, 0) is 25.0 Å². The molecule has 4 nitrogen and oxygen atoms in total. The summed E-state index contributed by atoms with van der Waals surface area (Å²) in [5, 5.41) is 0. The summed E-state index contributed by atoms with van der Waals surface area (Å²) in [6.45, 7) is 5.38. The molecule has 0 bridgehead atoms. The highest BCUT2D eigenvalue weighted by Crippen LogP contribution is 2.47. The average molecular weight is 520 g/mol. The Morgan fingerprint density at radius 2 is 1.43 bits per heavy atom. The Morgan fingerprint density at radius 1 is 0.857 bits per heavy atom. The number of halogens is 2. The van der Waals surface area contributed by atoms with Gasteiger partial charge in [-0.15, -0.1) is 0 Å². The molecular formula is C21H27FIO4P. The van der Waals surface area contributed by atoms with Gasteiger partial charge in [-0.3, -0.25) is 0 Å². The SMILES string of the molecule is CC(O[C@H](COCc1ccccc1)COP(F)I)[C@@H](C)OCc1ccccc1. The molecule has 0 N–H and O–H groups in total. The molecular weight excluding hydrogens is 493 g/mol. The second-order valence-electron chi connectivity index (χ2n) is 6.46. The van der Waals surface area contributed by atoms with Crippen molar-refractivity contribution in [1.29, 1.82) is 0 Å². The second-order valence-corrected chi connectivity index (χ2v) is 9.40. The summed E-state index contributed by atoms with van der Waals surface area (Å²) in [6, 6.07) is 19.9. The summed E-state index contributed by atoms with van der Waals surface area (Å²) in [6.07, 6.45) is -2.63. The fraction of sp³-hybridized carbons (Fsp3) is 0.429. The van der Waals surface area contributed by atoms with Crippen LogP contribution >= 0.6 is 28.1 Å². The Hall–Kier alpha value is -0.630. The maximum atomic E-state index is 13.2. The lowest BCUT2D eigenvalue weighted by Crippen LogP contribution is -2.35. The van der Waals surface area contributed by atoms with Crippen molar-refractivity contribution in [2.24, 2.45) is 0 Å². The summed E-state index contributed by atoms with van der Waals surface area (Å²) in [5.74, 6) is 0. The van der Waals surface area contributed by atoms with Crippen LogP contribution in [-0.2, 0) is 31.9 Å². The van der Waals surface area contributed by atoms with Gasteiger partial charge in [0, 0.05) is 22.0 Å². The molecule has 0 saturated carbocycles. The maximum absolute atomic E-state index is 13.2. The van der Waals surface area contributed by atoms with Gasteiger partial charge in [-0.25, -0.2) is 0 Å². The highest BCUT2D eigenvalue weighted by atomic mass is 127. The van der Waals surface area contributed by atoms with Crippen molar-refractivity contribution in [3.05, 3.63) is 71.8 Å². The Bertz CT molecular complexity index is 647. The van der Waals surface area contributed by atoms with E-state index in [1.807, 2.05) is 74.5 Å². The molecule has 2 aromatic rings. The fourth-order valence-electron chi connectivity index (χ4n) is 2.50. The topological polar surface area (TPSA) is 36.9 Å². The number of hydrogen-bond donors (Lipinski definition) is 0. The first-order valence-corrected chi connectivity index (χ1v) is 13.2. The van der Waals surface area contributed by atoms with Crippen LogP contribution in [0.15, 0.2) is 60.7 Å². The first kappa shape index (κ1) is 23.6. The lowest BCUT2D eigenvalue weighted by molar-refractivity contribution is -0.120. The van der Waals surface area contributed by atoms with Gasteiger partial charge in [0.2, 0.25) is 0 Å². The molecule has 0 heterocycles. The van der Waals surface area contributed by atoms with Gasteiger partial charge in [0.1, 0.15) is 6.10 Å². The van der Waals surface area contributed by atoms with Gasteiger partial charge >= 0.3 is 0 Å². The number of benzene rings is 2. The summed E-state index contributed by atoms with van der Waals surface area (Å²) in [7, 11) is 0. The lowest BCUT2D eigenvalue weighted by Gasteiger charge is -2.26. The molecule has 2 aromatic carbocycles. The van der Waals surface area contributed by atoms with Crippen LogP contribution in [0.5, 0.6) is 0 Å². The van der Waals surface area contributed by atoms with Crippen LogP contribution in [0.4, 0.5) is 4.20 Å². The molecule has 2 unspecified atom stereocenters. The van der Waals surface area contributed by atoms with Crippen molar-refractivity contribution in [3.63, 3.8) is 0 Å². The molecule has 0 aliphatic rings. The molecule has 0 radical (unpaired) electrons. The van der Waals surface area contributed by atoms with Crippen LogP contribution in [0.3, 0.4) is 0 Å². The Labute approximate surface area is 181 Å². The van der Waals surface area contributed by atoms with Crippen LogP contribution < -0.4 is 0 Å². The van der Waals surface area contributed by atoms with E-state index in [1.165, 1.54) is 0 Å². The first-order valence-electron chi connectivity index (χ1n) is 9.22. The van der Waals surface area contributed by atoms with Crippen LogP contribution in [0.25, 0.3) is 0 Å². The highest BCUT2D eigenvalue weighted by molar-refractivity contribution is 14.2. The average Bonchev–Trinajstić information content (AvgIpc) is 2.71. The van der Waals surface area contributed by atoms with Crippen molar-refractivity contribution in [2.45, 2.75) is 45.4 Å². The number of rotatable bonds is 13. The molecule has 0 aromatic heterocycles. The summed E-state index contributed by atoms with van der Waals surface area (Å²) in [4.78, 5) is 0. The molecule has 154 valence electrons. The molecule has 7 heteroatoms. The minimum absolute atomic E-state index is 0.122. The van der Waals surface area contributed by atoms with E-state index in [0.717, 1.165) is 11.1 Å². The van der Waals surface area contributed by atoms with Gasteiger partial charge in [0.15, 0.2) is 0 Å². The zero-order valence-electron chi connectivity index (χ0n) is 16.2. The van der Waals surface area contributed by atoms with Gasteiger partial charge in [-0.2, -0.15) is 4.20 Å². The third-order valence-corrected chi connectivity index (χ3v) is 5.38. The van der Waals surface area contributed by atoms with E-state index in [9.17, 15) is 4.20 Å². The molecule has 0 spiro atoms. The molecule has 4 atom stereocenters. The van der Waals surface area contributed by atoms with E-state index in [4.69, 9.17) is 18.7 Å². The molecule has 0 aliphatic carbocycles. The second kappa shape index (κ2) is 13.6. The molecule has 0 amide bonds. The van der Waals surface area contributed by atoms with Crippen LogP contribution in [0.1, 0.15) is 25.0 Å². The van der Waals surface area contributed by atoms with E-state index >= 15 is 0 Å². The highest BCUT2D eigenvalue weighted by Gasteiger charge is 2.21. The predicted molar refractivity (Wildman–Crippen MR) is 119 cm³/mol. The Balaban J connectivity index is 1.79. The molecule has 2 rings (SSSR count). The third kappa shape index (κ3) is 9.72. The normalized spacial score (nSPS) is 15.7. The number of ether oxygens (including phenoxy) is 3. The van der Waals surface area contributed by atoms with Gasteiger partial charge in [-0.1, -0.05) is 60.7 Å². The smallest absolute Gasteiger partial charge is 0.286 e. The first-order chi connectivity index (χ1) is 13.5. The minimum Gasteiger partial charge on any atom is -0.374 e. The maximum Gasteiger partial charge on any atom is 0.286 e. The van der Waals surface area contributed by atoms with Crippen LogP contribution in [0.2, 0.25) is 0 Å². The van der Waals surface area contributed by atoms with Gasteiger partial charge in [0.05, 0.1) is 38.6 Å². The van der Waals surface area contributed by atoms with Crippen molar-refractivity contribution in [1.82, 2.24) is 0 Å². The fourth-order valence-corrected chi connectivity index (χ4v) is 3.26. The largest absolute Gasteiger partial charge is 0.374 e. The van der Waals surface area contributed by atoms with Crippen molar-refractivity contribution in [2.75, 3.05) is 13.2 Å². The number of hydrogen-bond acceptors (Lipinski definition) is 4. The van der Waals surface area contributed by atoms with Gasteiger partial charge in [0.25, 0.3) is 6.10 Å². The lowest BCUT2D eigenvalue weighted by atomic mass is 10.2. The molecule has 0 saturated heterocycles. The monoisotopic (exact) mass is 520 g/mol. The van der Waals surface area contributed by atoms with E-state index < -0.39 is 6.10 Å². The predicted octanol–water partition coefficient (Wildman–Crippen LogP) is 6.23. The van der Waals surface area contributed by atoms with Crippen LogP contribution in [0, 0.1) is 0 Å². The van der Waals surface area contributed by atoms with E-state index in [2.05, 4.69) is 0 Å². The summed E-state index contributed by atoms with van der Waals surface area (Å²) >= 11 is 1.64. The molecule has 28 heavy (non-hydrogen) atoms. The van der Waals surface area contributed by atoms with E-state index in [1.54, 1.807) is 22.0 Å². The molecule has 0 aliphatic heterocycles. The molecule has 0 fully saturated rings. The zero-order chi connectivity index (χ0) is 20.2. The summed E-state index contributed by atoms with van der Waals surface area (Å²) < 4.78 is 36.0. The van der Waals surface area contributed by atoms with E-state index in [-0.39, 0.29) is 24.9 Å². The minimum atomic E-state index is -1.97. The zero-order valence-corrected chi connectivity index (χ0v) is 19.2. The standard InChI is InChI=1S/C21H27FIO4P/c1-17(25-14-20-11-7-4-8-12-20)18(2)27-21(16-26-28(22)23)15-24-13-19-9-5-3-6-10-19/h3-12,17-18,21H,13-16H2,1-2H3/t17-,18?,21-,28?/m1/s1. The van der Waals surface area contributed by atoms with Crippen molar-refractivity contribution < 1.29 is 22.9 Å². The Morgan fingerprint density at radius 3 is 2.00 bits per heavy atom. The Kier molecular flexibility index (Phi) is 11.5. The summed E-state index contributed by atoms with van der Waals surface area (Å²) in [5.41, 5.74) is 2.19. The van der Waals surface area contributed by atoms with Crippen molar-refractivity contribution >= 4 is 28.1 Å². The van der Waals surface area contributed by atoms with Gasteiger partial charge < -0.3 is 18.7 Å². The quantitative estimate of drug-likeness (QED) is 0.232.